The van der Waals surface area contributed by atoms with E-state index >= 15 is 0 Å². The Labute approximate surface area is 168 Å². The van der Waals surface area contributed by atoms with Crippen LogP contribution in [0.3, 0.4) is 0 Å². The summed E-state index contributed by atoms with van der Waals surface area (Å²) in [4.78, 5) is 4.23. The van der Waals surface area contributed by atoms with E-state index in [-0.39, 0.29) is 10.5 Å². The third kappa shape index (κ3) is 3.49. The predicted octanol–water partition coefficient (Wildman–Crippen LogP) is 5.62. The lowest BCUT2D eigenvalue weighted by molar-refractivity contribution is 0.586. The van der Waals surface area contributed by atoms with Crippen LogP contribution in [0.25, 0.3) is 22.0 Å². The van der Waals surface area contributed by atoms with E-state index in [4.69, 9.17) is 0 Å². The molecule has 0 amide bonds. The average Bonchev–Trinajstić information content (AvgIpc) is 2.69. The minimum Gasteiger partial charge on any atom is -0.255 e. The molecule has 0 bridgehead atoms. The number of allylic oxidation sites excluding steroid dienone is 3. The molecule has 0 N–H and O–H groups in total. The van der Waals surface area contributed by atoms with Gasteiger partial charge in [-0.05, 0) is 56.2 Å². The summed E-state index contributed by atoms with van der Waals surface area (Å²) >= 11 is 0. The molecule has 0 aliphatic heterocycles. The number of benzene rings is 2. The van der Waals surface area contributed by atoms with Crippen molar-refractivity contribution in [3.8, 4) is 11.1 Å². The number of rotatable bonds is 3. The van der Waals surface area contributed by atoms with E-state index in [2.05, 4.69) is 4.98 Å². The zero-order valence-electron chi connectivity index (χ0n) is 16.0. The first kappa shape index (κ1) is 19.5. The number of nitrogens with zero attached hydrogens (tertiary/aromatic N) is 1. The molecule has 0 saturated heterocycles. The maximum Gasteiger partial charge on any atom is 0.187 e. The van der Waals surface area contributed by atoms with Crippen LogP contribution < -0.4 is 0 Å². The van der Waals surface area contributed by atoms with Crippen LogP contribution >= 0.6 is 0 Å². The van der Waals surface area contributed by atoms with Crippen molar-refractivity contribution >= 4 is 20.7 Å². The number of pyridine rings is 1. The fourth-order valence-electron chi connectivity index (χ4n) is 3.60. The number of hydrogen-bond donors (Lipinski definition) is 0. The van der Waals surface area contributed by atoms with Crippen LogP contribution in [0.15, 0.2) is 76.9 Å². The smallest absolute Gasteiger partial charge is 0.187 e. The summed E-state index contributed by atoms with van der Waals surface area (Å²) in [5.41, 5.74) is 3.11. The second kappa shape index (κ2) is 7.19. The van der Waals surface area contributed by atoms with E-state index in [1.165, 1.54) is 42.6 Å². The molecular formula is C23H19F2NO2S. The molecule has 6 heteroatoms. The zero-order valence-corrected chi connectivity index (χ0v) is 16.8. The summed E-state index contributed by atoms with van der Waals surface area (Å²) in [6.45, 7) is 3.84. The Kier molecular flexibility index (Phi) is 4.82. The van der Waals surface area contributed by atoms with Crippen molar-refractivity contribution in [3.05, 3.63) is 83.6 Å². The van der Waals surface area contributed by atoms with Crippen LogP contribution in [0.5, 0.6) is 0 Å². The molecule has 1 aliphatic carbocycles. The van der Waals surface area contributed by atoms with Crippen molar-refractivity contribution in [2.45, 2.75) is 30.4 Å². The largest absolute Gasteiger partial charge is 0.255 e. The van der Waals surface area contributed by atoms with Crippen LogP contribution in [-0.2, 0) is 9.84 Å². The molecule has 29 heavy (non-hydrogen) atoms. The highest BCUT2D eigenvalue weighted by atomic mass is 32.2. The molecule has 4 rings (SSSR count). The van der Waals surface area contributed by atoms with Gasteiger partial charge in [0.05, 0.1) is 15.7 Å². The van der Waals surface area contributed by atoms with Gasteiger partial charge in [0.1, 0.15) is 11.6 Å². The van der Waals surface area contributed by atoms with Crippen LogP contribution in [0.4, 0.5) is 8.78 Å². The fraction of sp³-hybridized carbons (Fsp3) is 0.174. The lowest BCUT2D eigenvalue weighted by Crippen LogP contribution is -2.22. The van der Waals surface area contributed by atoms with Gasteiger partial charge >= 0.3 is 0 Å². The second-order valence-corrected chi connectivity index (χ2v) is 9.41. The van der Waals surface area contributed by atoms with Crippen LogP contribution in [0, 0.1) is 11.6 Å². The number of halogens is 2. The van der Waals surface area contributed by atoms with Crippen molar-refractivity contribution in [1.82, 2.24) is 4.98 Å². The first-order valence-corrected chi connectivity index (χ1v) is 10.7. The van der Waals surface area contributed by atoms with Crippen LogP contribution in [0.1, 0.15) is 20.3 Å². The van der Waals surface area contributed by atoms with E-state index in [1.54, 1.807) is 18.2 Å². The van der Waals surface area contributed by atoms with Crippen LogP contribution in [-0.4, -0.2) is 18.7 Å². The van der Waals surface area contributed by atoms with Crippen molar-refractivity contribution in [2.75, 3.05) is 0 Å². The van der Waals surface area contributed by atoms with Gasteiger partial charge in [0.25, 0.3) is 0 Å². The van der Waals surface area contributed by atoms with Crippen molar-refractivity contribution in [2.24, 2.45) is 0 Å². The highest BCUT2D eigenvalue weighted by molar-refractivity contribution is 7.92. The van der Waals surface area contributed by atoms with Crippen LogP contribution in [0.2, 0.25) is 0 Å². The summed E-state index contributed by atoms with van der Waals surface area (Å²) in [6.07, 6.45) is 5.14. The van der Waals surface area contributed by atoms with Gasteiger partial charge < -0.3 is 0 Å². The summed E-state index contributed by atoms with van der Waals surface area (Å²) in [5.74, 6) is -1.02. The summed E-state index contributed by atoms with van der Waals surface area (Å²) in [5, 5.41) is -0.425. The van der Waals surface area contributed by atoms with E-state index in [0.717, 1.165) is 11.1 Å². The molecule has 148 valence electrons. The lowest BCUT2D eigenvalue weighted by Gasteiger charge is -2.21. The molecule has 0 spiro atoms. The predicted molar refractivity (Wildman–Crippen MR) is 110 cm³/mol. The molecule has 1 atom stereocenters. The summed E-state index contributed by atoms with van der Waals surface area (Å²) in [7, 11) is -3.84. The molecule has 1 aliphatic rings. The maximum atomic E-state index is 14.0. The molecule has 3 aromatic rings. The highest BCUT2D eigenvalue weighted by Crippen LogP contribution is 2.38. The zero-order chi connectivity index (χ0) is 20.8. The highest BCUT2D eigenvalue weighted by Gasteiger charge is 2.31. The van der Waals surface area contributed by atoms with Gasteiger partial charge in [0.15, 0.2) is 9.84 Å². The molecule has 1 heterocycles. The van der Waals surface area contributed by atoms with Gasteiger partial charge in [0, 0.05) is 17.1 Å². The van der Waals surface area contributed by atoms with Gasteiger partial charge in [0.2, 0.25) is 0 Å². The van der Waals surface area contributed by atoms with E-state index in [9.17, 15) is 17.2 Å². The van der Waals surface area contributed by atoms with E-state index in [0.29, 0.717) is 22.9 Å². The number of sulfone groups is 1. The average molecular weight is 411 g/mol. The van der Waals surface area contributed by atoms with E-state index < -0.39 is 26.7 Å². The van der Waals surface area contributed by atoms with Gasteiger partial charge in [-0.2, -0.15) is 0 Å². The molecule has 0 fully saturated rings. The van der Waals surface area contributed by atoms with Crippen molar-refractivity contribution in [1.29, 1.82) is 0 Å². The number of hydrogen-bond acceptors (Lipinski definition) is 3. The Morgan fingerprint density at radius 1 is 1.03 bits per heavy atom. The van der Waals surface area contributed by atoms with Gasteiger partial charge in [-0.1, -0.05) is 35.4 Å². The molecular weight excluding hydrogens is 392 g/mol. The van der Waals surface area contributed by atoms with Gasteiger partial charge in [-0.15, -0.1) is 0 Å². The normalized spacial score (nSPS) is 17.2. The SMILES string of the molecule is CC1=C(C)CC(S(=O)(=O)c2cnc3ccc(F)cc3c2-c2cccc(F)c2)C=C1. The number of fused-ring (bicyclic) bond motifs is 1. The minimum atomic E-state index is -3.84. The fourth-order valence-corrected chi connectivity index (χ4v) is 5.40. The van der Waals surface area contributed by atoms with E-state index in [1.807, 2.05) is 13.8 Å². The monoisotopic (exact) mass is 411 g/mol. The topological polar surface area (TPSA) is 47.0 Å². The summed E-state index contributed by atoms with van der Waals surface area (Å²) in [6, 6.07) is 9.65. The molecule has 1 unspecified atom stereocenters. The van der Waals surface area contributed by atoms with Crippen molar-refractivity contribution < 1.29 is 17.2 Å². The second-order valence-electron chi connectivity index (χ2n) is 7.28. The molecule has 1 aromatic heterocycles. The maximum absolute atomic E-state index is 14.0. The standard InChI is InChI=1S/C23H19F2NO2S/c1-14-6-8-19(10-15(14)2)29(27,28)22-13-26-21-9-7-18(25)12-20(21)23(22)16-4-3-5-17(24)11-16/h3-9,11-13,19H,10H2,1-2H3. The number of aromatic nitrogens is 1. The van der Waals surface area contributed by atoms with Gasteiger partial charge in [-0.3, -0.25) is 4.98 Å². The Hall–Kier alpha value is -2.86. The van der Waals surface area contributed by atoms with Crippen molar-refractivity contribution in [3.63, 3.8) is 0 Å². The lowest BCUT2D eigenvalue weighted by atomic mass is 10.00. The molecule has 0 saturated carbocycles. The third-order valence-electron chi connectivity index (χ3n) is 5.36. The summed E-state index contributed by atoms with van der Waals surface area (Å²) < 4.78 is 55.1. The minimum absolute atomic E-state index is 0.0248. The molecule has 3 nitrogen and oxygen atoms in total. The Morgan fingerprint density at radius 2 is 1.79 bits per heavy atom. The molecule has 0 radical (unpaired) electrons. The Morgan fingerprint density at radius 3 is 2.52 bits per heavy atom. The third-order valence-corrected chi connectivity index (χ3v) is 7.40. The first-order chi connectivity index (χ1) is 13.8. The van der Waals surface area contributed by atoms with Gasteiger partial charge in [-0.25, -0.2) is 17.2 Å². The Balaban J connectivity index is 2.00. The first-order valence-electron chi connectivity index (χ1n) is 9.20. The Bertz CT molecular complexity index is 1290. The molecule has 2 aromatic carbocycles. The quantitative estimate of drug-likeness (QED) is 0.562.